The topological polar surface area (TPSA) is 17.1 Å². The Bertz CT molecular complexity index is 726. The van der Waals surface area contributed by atoms with Gasteiger partial charge in [-0.25, -0.2) is 0 Å². The van der Waals surface area contributed by atoms with Crippen molar-refractivity contribution in [2.75, 3.05) is 0 Å². The largest absolute Gasteiger partial charge is 0.182 e. The third kappa shape index (κ3) is 2.99. The first-order valence-electron chi connectivity index (χ1n) is 7.74. The third-order valence-electron chi connectivity index (χ3n) is 4.06. The van der Waals surface area contributed by atoms with Crippen LogP contribution in [0.2, 0.25) is 0 Å². The smallest absolute Gasteiger partial charge is 0.0875 e. The highest BCUT2D eigenvalue weighted by atomic mass is 32.2. The van der Waals surface area contributed by atoms with E-state index in [0.29, 0.717) is 0 Å². The zero-order chi connectivity index (χ0) is 16.4. The quantitative estimate of drug-likeness (QED) is 0.575. The van der Waals surface area contributed by atoms with E-state index in [0.717, 1.165) is 14.7 Å². The van der Waals surface area contributed by atoms with Gasteiger partial charge in [-0.1, -0.05) is 57.3 Å². The average molecular weight is 321 g/mol. The van der Waals surface area contributed by atoms with Crippen LogP contribution in [0.3, 0.4) is 0 Å². The van der Waals surface area contributed by atoms with E-state index in [9.17, 15) is 4.21 Å². The van der Waals surface area contributed by atoms with E-state index in [1.807, 2.05) is 93.6 Å². The van der Waals surface area contributed by atoms with Crippen LogP contribution in [0.15, 0.2) is 87.5 Å². The van der Waals surface area contributed by atoms with Crippen LogP contribution in [0.4, 0.5) is 0 Å². The molecule has 0 amide bonds. The summed E-state index contributed by atoms with van der Waals surface area (Å²) in [6, 6.07) is 24.1. The Morgan fingerprint density at radius 2 is 0.696 bits per heavy atom. The van der Waals surface area contributed by atoms with Gasteiger partial charge in [-0.3, -0.25) is 0 Å². The zero-order valence-corrected chi connectivity index (χ0v) is 14.6. The van der Waals surface area contributed by atoms with Crippen LogP contribution in [-0.2, 0) is 14.1 Å². The number of hydrogen-bond acceptors (Lipinski definition) is 1. The van der Waals surface area contributed by atoms with E-state index in [1.165, 1.54) is 16.7 Å². The Hall–Kier alpha value is -2.19. The Morgan fingerprint density at radius 3 is 0.913 bits per heavy atom. The first-order valence-corrected chi connectivity index (χ1v) is 9.30. The van der Waals surface area contributed by atoms with Crippen molar-refractivity contribution < 1.29 is 4.21 Å². The molecule has 0 saturated carbocycles. The van der Waals surface area contributed by atoms with E-state index in [2.05, 4.69) is 0 Å². The summed E-state index contributed by atoms with van der Waals surface area (Å²) < 4.78 is 14.1. The second-order valence-corrected chi connectivity index (χ2v) is 8.52. The lowest BCUT2D eigenvalue weighted by molar-refractivity contribution is 0.584. The molecule has 0 unspecified atom stereocenters. The molecule has 1 nitrogen and oxygen atoms in total. The molecule has 0 fully saturated rings. The van der Waals surface area contributed by atoms with Gasteiger partial charge in [0.1, 0.15) is 0 Å². The van der Waals surface area contributed by atoms with Crippen molar-refractivity contribution in [1.82, 2.24) is 0 Å². The van der Waals surface area contributed by atoms with E-state index in [4.69, 9.17) is 0 Å². The molecule has 2 heteroatoms. The summed E-state index contributed by atoms with van der Waals surface area (Å²) in [6.45, 7) is 6.13. The highest BCUT2D eigenvalue weighted by Crippen LogP contribution is 2.36. The van der Waals surface area contributed by atoms with Crippen molar-refractivity contribution in [2.24, 2.45) is 0 Å². The zero-order valence-electron chi connectivity index (χ0n) is 13.7. The maximum Gasteiger partial charge on any atom is 0.182 e. The van der Waals surface area contributed by atoms with Gasteiger partial charge in [0, 0.05) is 0 Å². The van der Waals surface area contributed by atoms with Crippen molar-refractivity contribution in [3.8, 4) is 0 Å². The molecule has 3 aromatic carbocycles. The SMILES string of the molecule is Cc1ccc([S+](=O)(c2ccc(C)cc2)c2ccc(C)cc2)cc1. The monoisotopic (exact) mass is 321 g/mol. The molecule has 0 bridgehead atoms. The predicted octanol–water partition coefficient (Wildman–Crippen LogP) is 5.59. The molecule has 3 rings (SSSR count). The maximum atomic E-state index is 14.1. The molecule has 0 spiro atoms. The van der Waals surface area contributed by atoms with Crippen LogP contribution < -0.4 is 0 Å². The van der Waals surface area contributed by atoms with E-state index >= 15 is 0 Å². The average Bonchev–Trinajstić information content (AvgIpc) is 2.56. The fraction of sp³-hybridized carbons (Fsp3) is 0.143. The standard InChI is InChI=1S/C21H21OS/c1-16-4-10-19(11-5-16)23(22,20-12-6-17(2)7-13-20)21-14-8-18(3)9-15-21/h4-15H,1-3H3/q+1. The summed E-state index contributed by atoms with van der Waals surface area (Å²) in [5, 5.41) is 0. The second kappa shape index (κ2) is 6.13. The van der Waals surface area contributed by atoms with Gasteiger partial charge >= 0.3 is 0 Å². The fourth-order valence-electron chi connectivity index (χ4n) is 2.60. The third-order valence-corrected chi connectivity index (χ3v) is 6.87. The molecule has 0 aliphatic heterocycles. The molecule has 0 saturated heterocycles. The highest BCUT2D eigenvalue weighted by Gasteiger charge is 2.37. The molecular weight excluding hydrogens is 300 g/mol. The molecule has 116 valence electrons. The molecule has 0 aliphatic rings. The van der Waals surface area contributed by atoms with Crippen LogP contribution in [-0.4, -0.2) is 0 Å². The lowest BCUT2D eigenvalue weighted by atomic mass is 10.2. The second-order valence-electron chi connectivity index (χ2n) is 6.00. The Labute approximate surface area is 139 Å². The Balaban J connectivity index is 2.24. The molecule has 0 heterocycles. The summed E-state index contributed by atoms with van der Waals surface area (Å²) in [6.07, 6.45) is 0. The molecule has 23 heavy (non-hydrogen) atoms. The van der Waals surface area contributed by atoms with Crippen molar-refractivity contribution >= 4 is 9.93 Å². The van der Waals surface area contributed by atoms with E-state index < -0.39 is 9.93 Å². The van der Waals surface area contributed by atoms with Gasteiger partial charge in [-0.15, -0.1) is 0 Å². The summed E-state index contributed by atoms with van der Waals surface area (Å²) >= 11 is 0. The van der Waals surface area contributed by atoms with Gasteiger partial charge < -0.3 is 0 Å². The minimum atomic E-state index is -2.48. The summed E-state index contributed by atoms with van der Waals surface area (Å²) in [5.74, 6) is 0. The van der Waals surface area contributed by atoms with Crippen molar-refractivity contribution in [1.29, 1.82) is 0 Å². The van der Waals surface area contributed by atoms with Gasteiger partial charge in [0.25, 0.3) is 0 Å². The molecule has 0 atom stereocenters. The van der Waals surface area contributed by atoms with Gasteiger partial charge in [0.15, 0.2) is 24.6 Å². The van der Waals surface area contributed by atoms with Gasteiger partial charge in [-0.05, 0) is 57.2 Å². The van der Waals surface area contributed by atoms with Gasteiger partial charge in [0.2, 0.25) is 0 Å². The van der Waals surface area contributed by atoms with Crippen LogP contribution in [0.5, 0.6) is 0 Å². The molecule has 0 radical (unpaired) electrons. The number of benzene rings is 3. The van der Waals surface area contributed by atoms with Gasteiger partial charge in [0.05, 0.1) is 0 Å². The fourth-order valence-corrected chi connectivity index (χ4v) is 4.97. The number of hydrogen-bond donors (Lipinski definition) is 0. The molecule has 0 N–H and O–H groups in total. The lowest BCUT2D eigenvalue weighted by Crippen LogP contribution is -2.13. The van der Waals surface area contributed by atoms with Crippen molar-refractivity contribution in [3.05, 3.63) is 89.5 Å². The highest BCUT2D eigenvalue weighted by molar-refractivity contribution is 8.03. The number of aryl methyl sites for hydroxylation is 3. The summed E-state index contributed by atoms with van der Waals surface area (Å²) in [5.41, 5.74) is 3.51. The first kappa shape index (κ1) is 15.7. The Kier molecular flexibility index (Phi) is 4.18. The number of rotatable bonds is 3. The summed E-state index contributed by atoms with van der Waals surface area (Å²) in [4.78, 5) is 2.57. The minimum absolute atomic E-state index is 0.857. The maximum absolute atomic E-state index is 14.1. The van der Waals surface area contributed by atoms with Crippen LogP contribution in [0.25, 0.3) is 0 Å². The van der Waals surface area contributed by atoms with Crippen LogP contribution >= 0.6 is 0 Å². The van der Waals surface area contributed by atoms with Crippen LogP contribution in [0, 0.1) is 20.8 Å². The molecule has 0 aromatic heterocycles. The molecular formula is C21H21OS+. The normalized spacial score (nSPS) is 11.4. The minimum Gasteiger partial charge on any atom is -0.0875 e. The molecule has 0 aliphatic carbocycles. The first-order chi connectivity index (χ1) is 11.0. The summed E-state index contributed by atoms with van der Waals surface area (Å²) in [7, 11) is -2.48. The predicted molar refractivity (Wildman–Crippen MR) is 96.4 cm³/mol. The molecule has 3 aromatic rings. The van der Waals surface area contributed by atoms with Gasteiger partial charge in [-0.2, -0.15) is 0 Å². The van der Waals surface area contributed by atoms with E-state index in [1.54, 1.807) is 0 Å². The van der Waals surface area contributed by atoms with Crippen molar-refractivity contribution in [2.45, 2.75) is 35.5 Å². The Morgan fingerprint density at radius 1 is 0.478 bits per heavy atom. The van der Waals surface area contributed by atoms with Crippen molar-refractivity contribution in [3.63, 3.8) is 0 Å². The lowest BCUT2D eigenvalue weighted by Gasteiger charge is -2.13. The van der Waals surface area contributed by atoms with E-state index in [-0.39, 0.29) is 0 Å². The van der Waals surface area contributed by atoms with Crippen LogP contribution in [0.1, 0.15) is 16.7 Å².